The van der Waals surface area contributed by atoms with Crippen LogP contribution in [-0.4, -0.2) is 35.7 Å². The van der Waals surface area contributed by atoms with Crippen LogP contribution in [0.25, 0.3) is 10.1 Å². The number of aliphatic hydroxyl groups excluding tert-OH is 1. The third-order valence-corrected chi connectivity index (χ3v) is 6.37. The quantitative estimate of drug-likeness (QED) is 0.230. The maximum Gasteiger partial charge on any atom is 0.191 e. The Morgan fingerprint density at radius 1 is 1.25 bits per heavy atom. The van der Waals surface area contributed by atoms with Crippen LogP contribution in [0.3, 0.4) is 0 Å². The number of aliphatic imine (C=N–C) groups is 1. The van der Waals surface area contributed by atoms with Gasteiger partial charge < -0.3 is 15.7 Å². The predicted molar refractivity (Wildman–Crippen MR) is 131 cm³/mol. The number of hydrogen-bond acceptors (Lipinski definition) is 5. The first-order valence-corrected chi connectivity index (χ1v) is 11.0. The molecule has 28 heavy (non-hydrogen) atoms. The minimum Gasteiger partial charge on any atom is -0.386 e. The molecule has 5 nitrogen and oxygen atoms in total. The number of halogens is 1. The largest absolute Gasteiger partial charge is 0.386 e. The summed E-state index contributed by atoms with van der Waals surface area (Å²) in [6.45, 7) is 6.03. The summed E-state index contributed by atoms with van der Waals surface area (Å²) < 4.78 is 1.19. The van der Waals surface area contributed by atoms with E-state index in [9.17, 15) is 5.11 Å². The van der Waals surface area contributed by atoms with Crippen molar-refractivity contribution in [3.63, 3.8) is 0 Å². The number of hydrogen-bond donors (Lipinski definition) is 3. The van der Waals surface area contributed by atoms with Gasteiger partial charge in [-0.15, -0.1) is 46.7 Å². The van der Waals surface area contributed by atoms with E-state index in [1.165, 1.54) is 15.1 Å². The maximum atomic E-state index is 10.5. The lowest BCUT2D eigenvalue weighted by Crippen LogP contribution is -2.38. The van der Waals surface area contributed by atoms with Crippen LogP contribution in [-0.2, 0) is 12.8 Å². The highest BCUT2D eigenvalue weighted by Crippen LogP contribution is 2.29. The Morgan fingerprint density at radius 3 is 2.79 bits per heavy atom. The SMILES string of the molecule is CCNC(=NCC(O)c1cc2ccccc2s1)NCCc1csc(CC)n1.I. The molecule has 8 heteroatoms. The monoisotopic (exact) mass is 530 g/mol. The third kappa shape index (κ3) is 6.40. The first-order valence-electron chi connectivity index (χ1n) is 9.31. The van der Waals surface area contributed by atoms with E-state index in [0.717, 1.165) is 42.5 Å². The number of rotatable bonds is 8. The first-order chi connectivity index (χ1) is 13.2. The molecular formula is C20H27IN4OS2. The lowest BCUT2D eigenvalue weighted by Gasteiger charge is -2.12. The molecule has 0 aliphatic carbocycles. The fourth-order valence-corrected chi connectivity index (χ4v) is 4.53. The summed E-state index contributed by atoms with van der Waals surface area (Å²) in [6, 6.07) is 10.2. The molecule has 2 heterocycles. The van der Waals surface area contributed by atoms with E-state index in [1.54, 1.807) is 22.7 Å². The normalized spacial score (nSPS) is 12.6. The molecule has 3 N–H and O–H groups in total. The minimum absolute atomic E-state index is 0. The van der Waals surface area contributed by atoms with Gasteiger partial charge in [0, 0.05) is 34.5 Å². The molecule has 0 amide bonds. The van der Waals surface area contributed by atoms with E-state index in [2.05, 4.69) is 45.0 Å². The predicted octanol–water partition coefficient (Wildman–Crippen LogP) is 4.37. The van der Waals surface area contributed by atoms with Crippen molar-refractivity contribution in [3.05, 3.63) is 51.3 Å². The smallest absolute Gasteiger partial charge is 0.191 e. The standard InChI is InChI=1S/C20H26N4OS2.HI/c1-3-19-24-15(13-26-19)9-10-22-20(21-4-2)23-12-16(25)18-11-14-7-5-6-8-17(14)27-18;/h5-8,11,13,16,25H,3-4,9-10,12H2,1-2H3,(H2,21,22,23);1H. The van der Waals surface area contributed by atoms with Crippen LogP contribution in [0.1, 0.15) is 35.5 Å². The molecule has 0 aliphatic rings. The van der Waals surface area contributed by atoms with Crippen LogP contribution in [0.4, 0.5) is 0 Å². The van der Waals surface area contributed by atoms with Crippen molar-refractivity contribution in [1.29, 1.82) is 0 Å². The number of thiophene rings is 1. The molecule has 1 atom stereocenters. The molecule has 0 spiro atoms. The number of thiazole rings is 1. The molecule has 3 aromatic rings. The number of guanidine groups is 1. The van der Waals surface area contributed by atoms with Gasteiger partial charge in [0.05, 0.1) is 17.2 Å². The van der Waals surface area contributed by atoms with Crippen molar-refractivity contribution in [2.45, 2.75) is 32.8 Å². The first kappa shape index (κ1) is 23.1. The zero-order valence-corrected chi connectivity index (χ0v) is 20.1. The molecule has 0 aliphatic heterocycles. The molecule has 0 bridgehead atoms. The molecule has 0 saturated heterocycles. The second kappa shape index (κ2) is 11.7. The highest BCUT2D eigenvalue weighted by molar-refractivity contribution is 14.0. The van der Waals surface area contributed by atoms with Crippen LogP contribution in [0.5, 0.6) is 0 Å². The summed E-state index contributed by atoms with van der Waals surface area (Å²) in [6.07, 6.45) is 1.25. The van der Waals surface area contributed by atoms with E-state index in [-0.39, 0.29) is 24.0 Å². The highest BCUT2D eigenvalue weighted by Gasteiger charge is 2.11. The van der Waals surface area contributed by atoms with Gasteiger partial charge in [0.15, 0.2) is 5.96 Å². The minimum atomic E-state index is -0.594. The summed E-state index contributed by atoms with van der Waals surface area (Å²) in [5, 5.41) is 21.5. The molecule has 152 valence electrons. The second-order valence-corrected chi connectivity index (χ2v) is 8.24. The van der Waals surface area contributed by atoms with Crippen LogP contribution < -0.4 is 10.6 Å². The van der Waals surface area contributed by atoms with E-state index in [1.807, 2.05) is 25.1 Å². The van der Waals surface area contributed by atoms with Crippen molar-refractivity contribution in [2.75, 3.05) is 19.6 Å². The Hall–Kier alpha value is -1.23. The van der Waals surface area contributed by atoms with Gasteiger partial charge in [0.2, 0.25) is 0 Å². The summed E-state index contributed by atoms with van der Waals surface area (Å²) in [7, 11) is 0. The maximum absolute atomic E-state index is 10.5. The average Bonchev–Trinajstić information content (AvgIpc) is 3.32. The lowest BCUT2D eigenvalue weighted by molar-refractivity contribution is 0.191. The number of nitrogens with one attached hydrogen (secondary N) is 2. The molecule has 0 saturated carbocycles. The van der Waals surface area contributed by atoms with Gasteiger partial charge in [-0.1, -0.05) is 25.1 Å². The third-order valence-electron chi connectivity index (χ3n) is 4.11. The number of benzene rings is 1. The second-order valence-electron chi connectivity index (χ2n) is 6.18. The number of nitrogens with zero attached hydrogens (tertiary/aromatic N) is 2. The van der Waals surface area contributed by atoms with Gasteiger partial charge in [-0.05, 0) is 30.9 Å². The Morgan fingerprint density at radius 2 is 2.07 bits per heavy atom. The van der Waals surface area contributed by atoms with Crippen molar-refractivity contribution in [3.8, 4) is 0 Å². The van der Waals surface area contributed by atoms with E-state index < -0.39 is 6.10 Å². The zero-order chi connectivity index (χ0) is 19.1. The van der Waals surface area contributed by atoms with Gasteiger partial charge in [-0.3, -0.25) is 4.99 Å². The van der Waals surface area contributed by atoms with Gasteiger partial charge in [-0.2, -0.15) is 0 Å². The number of aromatic nitrogens is 1. The van der Waals surface area contributed by atoms with Crippen LogP contribution in [0.15, 0.2) is 40.7 Å². The summed E-state index contributed by atoms with van der Waals surface area (Å²) in [5.74, 6) is 0.726. The van der Waals surface area contributed by atoms with Gasteiger partial charge in [0.25, 0.3) is 0 Å². The number of aryl methyl sites for hydroxylation is 1. The van der Waals surface area contributed by atoms with Gasteiger partial charge in [-0.25, -0.2) is 4.98 Å². The zero-order valence-electron chi connectivity index (χ0n) is 16.1. The molecule has 1 unspecified atom stereocenters. The number of aliphatic hydroxyl groups is 1. The lowest BCUT2D eigenvalue weighted by atomic mass is 10.2. The fourth-order valence-electron chi connectivity index (χ4n) is 2.71. The Kier molecular flexibility index (Phi) is 9.63. The van der Waals surface area contributed by atoms with Gasteiger partial charge >= 0.3 is 0 Å². The van der Waals surface area contributed by atoms with Crippen LogP contribution >= 0.6 is 46.7 Å². The summed E-state index contributed by atoms with van der Waals surface area (Å²) in [5.41, 5.74) is 1.12. The molecule has 2 aromatic heterocycles. The molecule has 1 aromatic carbocycles. The van der Waals surface area contributed by atoms with Crippen molar-refractivity contribution in [1.82, 2.24) is 15.6 Å². The molecule has 0 fully saturated rings. The Labute approximate surface area is 191 Å². The highest BCUT2D eigenvalue weighted by atomic mass is 127. The Bertz CT molecular complexity index is 860. The fraction of sp³-hybridized carbons (Fsp3) is 0.400. The van der Waals surface area contributed by atoms with Crippen molar-refractivity contribution < 1.29 is 5.11 Å². The van der Waals surface area contributed by atoms with Crippen LogP contribution in [0, 0.1) is 0 Å². The van der Waals surface area contributed by atoms with E-state index in [0.29, 0.717) is 6.54 Å². The Balaban J connectivity index is 0.00000280. The van der Waals surface area contributed by atoms with Crippen LogP contribution in [0.2, 0.25) is 0 Å². The van der Waals surface area contributed by atoms with Crippen molar-refractivity contribution in [2.24, 2.45) is 4.99 Å². The van der Waals surface area contributed by atoms with Gasteiger partial charge in [0.1, 0.15) is 6.10 Å². The average molecular weight is 531 g/mol. The molecule has 0 radical (unpaired) electrons. The molecular weight excluding hydrogens is 503 g/mol. The summed E-state index contributed by atoms with van der Waals surface area (Å²) in [4.78, 5) is 10.1. The van der Waals surface area contributed by atoms with E-state index in [4.69, 9.17) is 0 Å². The topological polar surface area (TPSA) is 69.5 Å². The van der Waals surface area contributed by atoms with E-state index >= 15 is 0 Å². The number of fused-ring (bicyclic) bond motifs is 1. The van der Waals surface area contributed by atoms with Crippen molar-refractivity contribution >= 4 is 62.7 Å². The molecule has 3 rings (SSSR count). The summed E-state index contributed by atoms with van der Waals surface area (Å²) >= 11 is 3.34.